The number of aromatic nitrogens is 1. The van der Waals surface area contributed by atoms with Crippen molar-refractivity contribution in [2.75, 3.05) is 5.32 Å². The van der Waals surface area contributed by atoms with Crippen LogP contribution in [0.2, 0.25) is 0 Å². The van der Waals surface area contributed by atoms with E-state index in [1.54, 1.807) is 0 Å². The number of rotatable bonds is 4. The van der Waals surface area contributed by atoms with Crippen molar-refractivity contribution in [2.24, 2.45) is 0 Å². The van der Waals surface area contributed by atoms with Crippen molar-refractivity contribution in [1.82, 2.24) is 4.98 Å². The number of aromatic carboxylic acids is 1. The molecule has 21 heavy (non-hydrogen) atoms. The summed E-state index contributed by atoms with van der Waals surface area (Å²) >= 11 is 0. The average Bonchev–Trinajstić information content (AvgIpc) is 2.36. The van der Waals surface area contributed by atoms with Crippen LogP contribution in [-0.2, 0) is 0 Å². The number of anilines is 2. The Morgan fingerprint density at radius 2 is 1.86 bits per heavy atom. The summed E-state index contributed by atoms with van der Waals surface area (Å²) in [5.74, 6) is -3.28. The molecule has 0 atom stereocenters. The highest BCUT2D eigenvalue weighted by atomic mass is 19.1. The van der Waals surface area contributed by atoms with Crippen molar-refractivity contribution < 1.29 is 23.6 Å². The summed E-state index contributed by atoms with van der Waals surface area (Å²) in [5, 5.41) is 22.1. The van der Waals surface area contributed by atoms with E-state index in [1.165, 1.54) is 0 Å². The molecule has 2 rings (SSSR count). The third-order valence-corrected chi connectivity index (χ3v) is 2.44. The molecular weight excluding hydrogens is 288 g/mol. The monoisotopic (exact) mass is 295 g/mol. The second-order valence-corrected chi connectivity index (χ2v) is 3.93. The van der Waals surface area contributed by atoms with Gasteiger partial charge in [-0.2, -0.15) is 0 Å². The molecule has 1 heterocycles. The minimum absolute atomic E-state index is 0.00908. The van der Waals surface area contributed by atoms with Crippen LogP contribution in [0.15, 0.2) is 30.5 Å². The average molecular weight is 295 g/mol. The first-order valence-electron chi connectivity index (χ1n) is 5.47. The first-order chi connectivity index (χ1) is 9.86. The quantitative estimate of drug-likeness (QED) is 0.663. The van der Waals surface area contributed by atoms with Gasteiger partial charge in [0.2, 0.25) is 0 Å². The summed E-state index contributed by atoms with van der Waals surface area (Å²) < 4.78 is 26.0. The highest BCUT2D eigenvalue weighted by molar-refractivity contribution is 5.93. The third kappa shape index (κ3) is 3.26. The highest BCUT2D eigenvalue weighted by Gasteiger charge is 2.21. The number of carboxylic acid groups (broad SMARTS) is 1. The van der Waals surface area contributed by atoms with Crippen LogP contribution >= 0.6 is 0 Å². The minimum atomic E-state index is -1.52. The standard InChI is InChI=1S/C12H7F2N3O4/c13-6-1-7(14)3-8(2-6)16-11-4-9(12(18)19)10(5-15-11)17(20)21/h1-5H,(H,15,16)(H,18,19). The van der Waals surface area contributed by atoms with E-state index < -0.39 is 33.8 Å². The molecule has 2 aromatic rings. The van der Waals surface area contributed by atoms with Crippen LogP contribution in [0.5, 0.6) is 0 Å². The zero-order valence-corrected chi connectivity index (χ0v) is 10.2. The SMILES string of the molecule is O=C(O)c1cc(Nc2cc(F)cc(F)c2)ncc1[N+](=O)[O-]. The molecule has 0 aliphatic heterocycles. The number of pyridine rings is 1. The van der Waals surface area contributed by atoms with Gasteiger partial charge >= 0.3 is 11.7 Å². The Hall–Kier alpha value is -3.10. The minimum Gasteiger partial charge on any atom is -0.477 e. The van der Waals surface area contributed by atoms with Gasteiger partial charge in [0.15, 0.2) is 0 Å². The Balaban J connectivity index is 2.39. The summed E-state index contributed by atoms with van der Waals surface area (Å²) in [6.45, 7) is 0. The van der Waals surface area contributed by atoms with Crippen molar-refractivity contribution in [2.45, 2.75) is 0 Å². The fraction of sp³-hybridized carbons (Fsp3) is 0. The van der Waals surface area contributed by atoms with Gasteiger partial charge in [-0.25, -0.2) is 18.6 Å². The van der Waals surface area contributed by atoms with Crippen molar-refractivity contribution in [1.29, 1.82) is 0 Å². The normalized spacial score (nSPS) is 10.2. The zero-order chi connectivity index (χ0) is 15.6. The molecule has 7 nitrogen and oxygen atoms in total. The van der Waals surface area contributed by atoms with Gasteiger partial charge in [-0.3, -0.25) is 10.1 Å². The molecule has 1 aromatic heterocycles. The van der Waals surface area contributed by atoms with Gasteiger partial charge in [0, 0.05) is 17.8 Å². The molecule has 0 radical (unpaired) electrons. The molecule has 0 spiro atoms. The molecule has 0 aliphatic rings. The second-order valence-electron chi connectivity index (χ2n) is 3.93. The Labute approximate surface area is 116 Å². The van der Waals surface area contributed by atoms with Crippen molar-refractivity contribution >= 4 is 23.2 Å². The maximum absolute atomic E-state index is 13.0. The Morgan fingerprint density at radius 3 is 2.38 bits per heavy atom. The fourth-order valence-corrected chi connectivity index (χ4v) is 1.61. The summed E-state index contributed by atoms with van der Waals surface area (Å²) in [6, 6.07) is 3.50. The number of carboxylic acids is 1. The predicted molar refractivity (Wildman–Crippen MR) is 67.5 cm³/mol. The van der Waals surface area contributed by atoms with Crippen molar-refractivity contribution in [3.8, 4) is 0 Å². The lowest BCUT2D eigenvalue weighted by molar-refractivity contribution is -0.385. The molecule has 0 saturated heterocycles. The van der Waals surface area contributed by atoms with Gasteiger partial charge in [0.25, 0.3) is 0 Å². The largest absolute Gasteiger partial charge is 0.477 e. The van der Waals surface area contributed by atoms with Crippen LogP contribution in [0.4, 0.5) is 26.0 Å². The molecule has 0 bridgehead atoms. The number of nitro groups is 1. The number of nitrogens with one attached hydrogen (secondary N) is 1. The number of nitrogens with zero attached hydrogens (tertiary/aromatic N) is 2. The van der Waals surface area contributed by atoms with E-state index in [0.717, 1.165) is 24.4 Å². The van der Waals surface area contributed by atoms with Gasteiger partial charge in [0.05, 0.1) is 4.92 Å². The van der Waals surface area contributed by atoms with Gasteiger partial charge in [-0.1, -0.05) is 0 Å². The maximum atomic E-state index is 13.0. The highest BCUT2D eigenvalue weighted by Crippen LogP contribution is 2.23. The molecule has 1 aromatic carbocycles. The van der Waals surface area contributed by atoms with Crippen LogP contribution in [-0.4, -0.2) is 21.0 Å². The molecule has 0 unspecified atom stereocenters. The molecule has 2 N–H and O–H groups in total. The second kappa shape index (κ2) is 5.49. The number of hydrogen-bond donors (Lipinski definition) is 2. The zero-order valence-electron chi connectivity index (χ0n) is 10.2. The van der Waals surface area contributed by atoms with Gasteiger partial charge in [-0.05, 0) is 12.1 Å². The third-order valence-electron chi connectivity index (χ3n) is 2.44. The fourth-order valence-electron chi connectivity index (χ4n) is 1.61. The van der Waals surface area contributed by atoms with E-state index in [1.807, 2.05) is 0 Å². The Morgan fingerprint density at radius 1 is 1.24 bits per heavy atom. The van der Waals surface area contributed by atoms with Crippen LogP contribution in [0.1, 0.15) is 10.4 Å². The van der Waals surface area contributed by atoms with Crippen molar-refractivity contribution in [3.05, 3.63) is 57.8 Å². The molecule has 0 amide bonds. The van der Waals surface area contributed by atoms with Crippen LogP contribution in [0.25, 0.3) is 0 Å². The molecule has 0 fully saturated rings. The number of halogens is 2. The molecule has 9 heteroatoms. The van der Waals surface area contributed by atoms with Crippen LogP contribution < -0.4 is 5.32 Å². The predicted octanol–water partition coefficient (Wildman–Crippen LogP) is 2.71. The van der Waals surface area contributed by atoms with E-state index in [4.69, 9.17) is 5.11 Å². The first-order valence-corrected chi connectivity index (χ1v) is 5.47. The smallest absolute Gasteiger partial charge is 0.342 e. The molecule has 0 aliphatic carbocycles. The van der Waals surface area contributed by atoms with E-state index in [2.05, 4.69) is 10.3 Å². The maximum Gasteiger partial charge on any atom is 0.342 e. The topological polar surface area (TPSA) is 105 Å². The van der Waals surface area contributed by atoms with E-state index in [9.17, 15) is 23.7 Å². The summed E-state index contributed by atoms with van der Waals surface area (Å²) in [7, 11) is 0. The number of carbonyl (C=O) groups is 1. The molecule has 0 saturated carbocycles. The first kappa shape index (κ1) is 14.3. The Kier molecular flexibility index (Phi) is 3.74. The molecular formula is C12H7F2N3O4. The summed E-state index contributed by atoms with van der Waals surface area (Å²) in [4.78, 5) is 24.4. The number of benzene rings is 1. The van der Waals surface area contributed by atoms with E-state index >= 15 is 0 Å². The Bertz CT molecular complexity index is 716. The van der Waals surface area contributed by atoms with E-state index in [0.29, 0.717) is 6.07 Å². The van der Waals surface area contributed by atoms with Crippen LogP contribution in [0.3, 0.4) is 0 Å². The summed E-state index contributed by atoms with van der Waals surface area (Å²) in [6.07, 6.45) is 0.751. The molecule has 108 valence electrons. The van der Waals surface area contributed by atoms with Gasteiger partial charge < -0.3 is 10.4 Å². The van der Waals surface area contributed by atoms with Crippen molar-refractivity contribution in [3.63, 3.8) is 0 Å². The lowest BCUT2D eigenvalue weighted by Gasteiger charge is -2.07. The lowest BCUT2D eigenvalue weighted by Crippen LogP contribution is -2.05. The lowest BCUT2D eigenvalue weighted by atomic mass is 10.2. The van der Waals surface area contributed by atoms with E-state index in [-0.39, 0.29) is 11.5 Å². The summed E-state index contributed by atoms with van der Waals surface area (Å²) in [5.41, 5.74) is -1.28. The van der Waals surface area contributed by atoms with Gasteiger partial charge in [0.1, 0.15) is 29.2 Å². The van der Waals surface area contributed by atoms with Crippen LogP contribution in [0, 0.1) is 21.7 Å². The van der Waals surface area contributed by atoms with Gasteiger partial charge in [-0.15, -0.1) is 0 Å². The number of hydrogen-bond acceptors (Lipinski definition) is 5.